The van der Waals surface area contributed by atoms with E-state index in [0.29, 0.717) is 12.6 Å². The van der Waals surface area contributed by atoms with Crippen molar-refractivity contribution in [1.29, 1.82) is 0 Å². The van der Waals surface area contributed by atoms with Gasteiger partial charge in [-0.15, -0.1) is 0 Å². The number of hydrogen-bond acceptors (Lipinski definition) is 3. The number of benzene rings is 1. The number of alkyl carbamates (subject to hydrolysis) is 1. The molecule has 0 aromatic heterocycles. The molecular weight excluding hydrogens is 300 g/mol. The molecule has 0 bridgehead atoms. The number of carbonyl (C=O) groups is 1. The summed E-state index contributed by atoms with van der Waals surface area (Å²) in [5.74, 6) is 0. The molecule has 0 unspecified atom stereocenters. The molecule has 0 radical (unpaired) electrons. The van der Waals surface area contributed by atoms with E-state index < -0.39 is 0 Å². The van der Waals surface area contributed by atoms with Gasteiger partial charge in [-0.3, -0.25) is 0 Å². The third-order valence-electron chi connectivity index (χ3n) is 4.94. The molecule has 0 atom stereocenters. The smallest absolute Gasteiger partial charge is 0.407 e. The second-order valence-electron chi connectivity index (χ2n) is 7.59. The molecule has 1 amide bonds. The fourth-order valence-electron chi connectivity index (χ4n) is 3.26. The van der Waals surface area contributed by atoms with Crippen molar-refractivity contribution in [3.05, 3.63) is 35.9 Å². The zero-order valence-electron chi connectivity index (χ0n) is 15.4. The van der Waals surface area contributed by atoms with Crippen molar-refractivity contribution in [1.82, 2.24) is 10.2 Å². The first-order valence-corrected chi connectivity index (χ1v) is 9.15. The van der Waals surface area contributed by atoms with Gasteiger partial charge in [-0.2, -0.15) is 0 Å². The fourth-order valence-corrected chi connectivity index (χ4v) is 3.26. The molecule has 1 saturated carbocycles. The summed E-state index contributed by atoms with van der Waals surface area (Å²) in [4.78, 5) is 14.5. The monoisotopic (exact) mass is 332 g/mol. The second kappa shape index (κ2) is 9.07. The molecule has 134 valence electrons. The third-order valence-corrected chi connectivity index (χ3v) is 4.94. The van der Waals surface area contributed by atoms with Gasteiger partial charge < -0.3 is 15.0 Å². The van der Waals surface area contributed by atoms with E-state index in [1.807, 2.05) is 30.3 Å². The van der Waals surface area contributed by atoms with Gasteiger partial charge in [0.2, 0.25) is 0 Å². The number of ether oxygens (including phenoxy) is 1. The molecule has 1 aromatic carbocycles. The van der Waals surface area contributed by atoms with E-state index in [1.165, 1.54) is 32.1 Å². The third kappa shape index (κ3) is 6.52. The zero-order chi connectivity index (χ0) is 17.4. The van der Waals surface area contributed by atoms with Gasteiger partial charge in [0.1, 0.15) is 6.61 Å². The van der Waals surface area contributed by atoms with Gasteiger partial charge in [0, 0.05) is 18.1 Å². The highest BCUT2D eigenvalue weighted by Gasteiger charge is 2.24. The highest BCUT2D eigenvalue weighted by molar-refractivity contribution is 5.68. The zero-order valence-corrected chi connectivity index (χ0v) is 15.4. The largest absolute Gasteiger partial charge is 0.445 e. The Kier molecular flexibility index (Phi) is 7.10. The van der Waals surface area contributed by atoms with Crippen LogP contribution < -0.4 is 5.32 Å². The van der Waals surface area contributed by atoms with E-state index >= 15 is 0 Å². The normalized spacial score (nSPS) is 16.2. The fraction of sp³-hybridized carbons (Fsp3) is 0.650. The van der Waals surface area contributed by atoms with Gasteiger partial charge >= 0.3 is 6.09 Å². The molecule has 1 N–H and O–H groups in total. The summed E-state index contributed by atoms with van der Waals surface area (Å²) < 4.78 is 5.32. The molecule has 1 aliphatic rings. The van der Waals surface area contributed by atoms with E-state index in [2.05, 4.69) is 31.1 Å². The molecule has 24 heavy (non-hydrogen) atoms. The molecule has 4 heteroatoms. The number of hydrogen-bond donors (Lipinski definition) is 1. The summed E-state index contributed by atoms with van der Waals surface area (Å²) in [5.41, 5.74) is 0.735. The van der Waals surface area contributed by atoms with Crippen molar-refractivity contribution in [3.8, 4) is 0 Å². The SMILES string of the molecule is CN(CCC(C)(C)NC(=O)OCc1ccccc1)C1CCCCC1. The molecule has 1 fully saturated rings. The van der Waals surface area contributed by atoms with E-state index in [4.69, 9.17) is 4.74 Å². The van der Waals surface area contributed by atoms with Gasteiger partial charge in [-0.1, -0.05) is 49.6 Å². The van der Waals surface area contributed by atoms with Crippen LogP contribution in [0.2, 0.25) is 0 Å². The minimum Gasteiger partial charge on any atom is -0.445 e. The Balaban J connectivity index is 1.70. The predicted octanol–water partition coefficient (Wildman–Crippen LogP) is 4.35. The highest BCUT2D eigenvalue weighted by atomic mass is 16.5. The predicted molar refractivity (Wildman–Crippen MR) is 98.0 cm³/mol. The molecule has 2 rings (SSSR count). The maximum Gasteiger partial charge on any atom is 0.407 e. The maximum atomic E-state index is 12.0. The topological polar surface area (TPSA) is 41.6 Å². The molecule has 0 spiro atoms. The average Bonchev–Trinajstić information content (AvgIpc) is 2.59. The van der Waals surface area contributed by atoms with Crippen molar-refractivity contribution in [3.63, 3.8) is 0 Å². The lowest BCUT2D eigenvalue weighted by molar-refractivity contribution is 0.123. The van der Waals surface area contributed by atoms with Crippen LogP contribution in [0.4, 0.5) is 4.79 Å². The lowest BCUT2D eigenvalue weighted by atomic mass is 9.93. The number of rotatable bonds is 7. The van der Waals surface area contributed by atoms with E-state index in [1.54, 1.807) is 0 Å². The number of carbonyl (C=O) groups excluding carboxylic acids is 1. The molecule has 1 aromatic rings. The Labute approximate surface area is 146 Å². The Morgan fingerprint density at radius 3 is 2.54 bits per heavy atom. The quantitative estimate of drug-likeness (QED) is 0.807. The van der Waals surface area contributed by atoms with Crippen LogP contribution in [0.1, 0.15) is 57.9 Å². The highest BCUT2D eigenvalue weighted by Crippen LogP contribution is 2.22. The molecule has 1 aliphatic carbocycles. The van der Waals surface area contributed by atoms with Gasteiger partial charge in [-0.25, -0.2) is 4.79 Å². The van der Waals surface area contributed by atoms with E-state index in [9.17, 15) is 4.79 Å². The first-order valence-electron chi connectivity index (χ1n) is 9.15. The minimum absolute atomic E-state index is 0.267. The Bertz CT molecular complexity index is 496. The summed E-state index contributed by atoms with van der Waals surface area (Å²) in [6.45, 7) is 5.43. The standard InChI is InChI=1S/C20H32N2O2/c1-20(2,14-15-22(3)18-12-8-5-9-13-18)21-19(23)24-16-17-10-6-4-7-11-17/h4,6-7,10-11,18H,5,8-9,12-16H2,1-3H3,(H,21,23). The van der Waals surface area contributed by atoms with Crippen molar-refractivity contribution < 1.29 is 9.53 Å². The number of nitrogens with zero attached hydrogens (tertiary/aromatic N) is 1. The van der Waals surface area contributed by atoms with Gasteiger partial charge in [0.05, 0.1) is 0 Å². The van der Waals surface area contributed by atoms with Gasteiger partial charge in [0.15, 0.2) is 0 Å². The molecule has 0 heterocycles. The summed E-state index contributed by atoms with van der Waals surface area (Å²) >= 11 is 0. The summed E-state index contributed by atoms with van der Waals surface area (Å²) in [5, 5.41) is 3.00. The van der Waals surface area contributed by atoms with Crippen molar-refractivity contribution in [2.75, 3.05) is 13.6 Å². The Hall–Kier alpha value is -1.55. The minimum atomic E-state index is -0.343. The van der Waals surface area contributed by atoms with Crippen LogP contribution in [-0.2, 0) is 11.3 Å². The van der Waals surface area contributed by atoms with Crippen LogP contribution in [0.5, 0.6) is 0 Å². The van der Waals surface area contributed by atoms with Crippen LogP contribution >= 0.6 is 0 Å². The number of nitrogens with one attached hydrogen (secondary N) is 1. The molecule has 0 aliphatic heterocycles. The van der Waals surface area contributed by atoms with Crippen LogP contribution in [0.25, 0.3) is 0 Å². The van der Waals surface area contributed by atoms with Crippen LogP contribution in [0.15, 0.2) is 30.3 Å². The summed E-state index contributed by atoms with van der Waals surface area (Å²) in [6.07, 6.45) is 7.27. The van der Waals surface area contributed by atoms with Gasteiger partial charge in [0.25, 0.3) is 0 Å². The second-order valence-corrected chi connectivity index (χ2v) is 7.59. The molecule has 4 nitrogen and oxygen atoms in total. The first kappa shape index (κ1) is 18.8. The molecular formula is C20H32N2O2. The summed E-state index contributed by atoms with van der Waals surface area (Å²) in [7, 11) is 2.21. The lowest BCUT2D eigenvalue weighted by Gasteiger charge is -2.34. The lowest BCUT2D eigenvalue weighted by Crippen LogP contribution is -2.46. The Morgan fingerprint density at radius 2 is 1.88 bits per heavy atom. The van der Waals surface area contributed by atoms with Crippen molar-refractivity contribution in [2.45, 2.75) is 70.6 Å². The van der Waals surface area contributed by atoms with Crippen LogP contribution in [0.3, 0.4) is 0 Å². The number of amides is 1. The summed E-state index contributed by atoms with van der Waals surface area (Å²) in [6, 6.07) is 10.5. The molecule has 0 saturated heterocycles. The van der Waals surface area contributed by atoms with Crippen LogP contribution in [-0.4, -0.2) is 36.2 Å². The average molecular weight is 332 g/mol. The van der Waals surface area contributed by atoms with Crippen LogP contribution in [0, 0.1) is 0 Å². The first-order chi connectivity index (χ1) is 11.5. The van der Waals surface area contributed by atoms with Gasteiger partial charge in [-0.05, 0) is 45.7 Å². The maximum absolute atomic E-state index is 12.0. The van der Waals surface area contributed by atoms with Crippen molar-refractivity contribution >= 4 is 6.09 Å². The van der Waals surface area contributed by atoms with E-state index in [-0.39, 0.29) is 11.6 Å². The Morgan fingerprint density at radius 1 is 1.21 bits per heavy atom. The van der Waals surface area contributed by atoms with E-state index in [0.717, 1.165) is 18.5 Å². The van der Waals surface area contributed by atoms with Crippen molar-refractivity contribution in [2.24, 2.45) is 0 Å².